The van der Waals surface area contributed by atoms with E-state index in [1.165, 1.54) is 0 Å². The third kappa shape index (κ3) is 2.44. The summed E-state index contributed by atoms with van der Waals surface area (Å²) in [6, 6.07) is 15.6. The number of benzene rings is 2. The average Bonchev–Trinajstić information content (AvgIpc) is 3.26. The summed E-state index contributed by atoms with van der Waals surface area (Å²) in [5.41, 5.74) is 9.70. The second-order valence-corrected chi connectivity index (χ2v) is 7.19. The Labute approximate surface area is 158 Å². The summed E-state index contributed by atoms with van der Waals surface area (Å²) in [6.07, 6.45) is -0.351. The van der Waals surface area contributed by atoms with Crippen LogP contribution in [0.25, 0.3) is 21.6 Å². The normalized spacial score (nSPS) is 16.2. The standard InChI is InChI=1S/C18H13ClN6S/c19-11-7-5-10(6-8-11)16-21-13(9-26-16)15-23-17(20)24-18-22-12-3-1-2-4-14(12)25(15)18/h1-9,15H,(H3,20,22,23,24)/t15-/m0/s1. The molecule has 0 fully saturated rings. The number of halogens is 1. The fourth-order valence-electron chi connectivity index (χ4n) is 3.04. The predicted octanol–water partition coefficient (Wildman–Crippen LogP) is 4.10. The molecule has 4 aromatic rings. The molecule has 1 aliphatic heterocycles. The quantitative estimate of drug-likeness (QED) is 0.548. The Morgan fingerprint density at radius 1 is 1.08 bits per heavy atom. The van der Waals surface area contributed by atoms with Crippen LogP contribution < -0.4 is 11.1 Å². The van der Waals surface area contributed by atoms with E-state index in [0.29, 0.717) is 16.9 Å². The van der Waals surface area contributed by atoms with Gasteiger partial charge in [0.15, 0.2) is 12.1 Å². The fourth-order valence-corrected chi connectivity index (χ4v) is 4.01. The van der Waals surface area contributed by atoms with Gasteiger partial charge in [-0.25, -0.2) is 15.0 Å². The van der Waals surface area contributed by atoms with Gasteiger partial charge < -0.3 is 5.73 Å². The number of para-hydroxylation sites is 2. The van der Waals surface area contributed by atoms with Crippen LogP contribution in [0.1, 0.15) is 11.9 Å². The summed E-state index contributed by atoms with van der Waals surface area (Å²) in [5, 5.41) is 6.66. The number of nitrogens with two attached hydrogens (primary N) is 1. The first kappa shape index (κ1) is 15.4. The molecule has 0 saturated carbocycles. The van der Waals surface area contributed by atoms with E-state index in [-0.39, 0.29) is 6.17 Å². The molecule has 0 spiro atoms. The Morgan fingerprint density at radius 2 is 1.88 bits per heavy atom. The second kappa shape index (κ2) is 5.82. The third-order valence-corrected chi connectivity index (χ3v) is 5.38. The zero-order valence-corrected chi connectivity index (χ0v) is 15.0. The summed E-state index contributed by atoms with van der Waals surface area (Å²) < 4.78 is 2.02. The number of nitrogens with zero attached hydrogens (tertiary/aromatic N) is 4. The van der Waals surface area contributed by atoms with E-state index in [2.05, 4.69) is 15.3 Å². The zero-order valence-electron chi connectivity index (χ0n) is 13.4. The van der Waals surface area contributed by atoms with Crippen molar-refractivity contribution in [3.8, 4) is 10.6 Å². The van der Waals surface area contributed by atoms with Gasteiger partial charge in [-0.1, -0.05) is 35.9 Å². The summed E-state index contributed by atoms with van der Waals surface area (Å²) in [7, 11) is 0. The second-order valence-electron chi connectivity index (χ2n) is 5.89. The van der Waals surface area contributed by atoms with E-state index in [1.807, 2.05) is 58.5 Å². The van der Waals surface area contributed by atoms with Gasteiger partial charge in [0.25, 0.3) is 0 Å². The molecule has 5 rings (SSSR count). The molecule has 3 heterocycles. The van der Waals surface area contributed by atoms with Gasteiger partial charge in [-0.15, -0.1) is 11.3 Å². The molecule has 0 amide bonds. The van der Waals surface area contributed by atoms with Crippen molar-refractivity contribution in [2.24, 2.45) is 10.7 Å². The molecule has 128 valence electrons. The van der Waals surface area contributed by atoms with Crippen molar-refractivity contribution in [3.63, 3.8) is 0 Å². The molecule has 0 unspecified atom stereocenters. The van der Waals surface area contributed by atoms with Crippen molar-refractivity contribution >= 4 is 45.9 Å². The van der Waals surface area contributed by atoms with Gasteiger partial charge in [-0.2, -0.15) is 0 Å². The molecular weight excluding hydrogens is 368 g/mol. The Bertz CT molecular complexity index is 1140. The zero-order chi connectivity index (χ0) is 17.7. The van der Waals surface area contributed by atoms with Crippen molar-refractivity contribution in [2.45, 2.75) is 6.17 Å². The highest BCUT2D eigenvalue weighted by atomic mass is 35.5. The van der Waals surface area contributed by atoms with Gasteiger partial charge in [0.05, 0.1) is 16.7 Å². The molecule has 2 aromatic carbocycles. The highest BCUT2D eigenvalue weighted by molar-refractivity contribution is 7.13. The number of aromatic nitrogens is 3. The Hall–Kier alpha value is -2.90. The van der Waals surface area contributed by atoms with Crippen LogP contribution in [0.2, 0.25) is 5.02 Å². The first-order valence-corrected chi connectivity index (χ1v) is 9.23. The lowest BCUT2D eigenvalue weighted by molar-refractivity contribution is 0.612. The number of guanidine groups is 1. The number of nitrogens with one attached hydrogen (secondary N) is 1. The van der Waals surface area contributed by atoms with Crippen molar-refractivity contribution in [3.05, 3.63) is 64.6 Å². The maximum atomic E-state index is 5.98. The summed E-state index contributed by atoms with van der Waals surface area (Å²) in [6.45, 7) is 0. The maximum absolute atomic E-state index is 5.98. The van der Waals surface area contributed by atoms with Crippen LogP contribution >= 0.6 is 22.9 Å². The minimum atomic E-state index is -0.351. The molecule has 0 saturated heterocycles. The van der Waals surface area contributed by atoms with Crippen LogP contribution in [-0.4, -0.2) is 20.5 Å². The van der Waals surface area contributed by atoms with Crippen molar-refractivity contribution < 1.29 is 0 Å². The number of hydrogen-bond acceptors (Lipinski definition) is 6. The van der Waals surface area contributed by atoms with Crippen LogP contribution in [0.3, 0.4) is 0 Å². The molecule has 1 aliphatic rings. The van der Waals surface area contributed by atoms with Gasteiger partial charge in [-0.3, -0.25) is 9.88 Å². The van der Waals surface area contributed by atoms with E-state index in [9.17, 15) is 0 Å². The number of aliphatic imine (C=N–C) groups is 1. The molecule has 2 aromatic heterocycles. The number of imidazole rings is 1. The highest BCUT2D eigenvalue weighted by Crippen LogP contribution is 2.34. The monoisotopic (exact) mass is 380 g/mol. The van der Waals surface area contributed by atoms with Crippen molar-refractivity contribution in [2.75, 3.05) is 5.32 Å². The van der Waals surface area contributed by atoms with Gasteiger partial charge in [0, 0.05) is 16.0 Å². The lowest BCUT2D eigenvalue weighted by atomic mass is 10.2. The number of hydrogen-bond donors (Lipinski definition) is 2. The molecule has 0 radical (unpaired) electrons. The first-order chi connectivity index (χ1) is 12.7. The molecular formula is C18H13ClN6S. The lowest BCUT2D eigenvalue weighted by Gasteiger charge is -2.22. The molecule has 0 bridgehead atoms. The number of fused-ring (bicyclic) bond motifs is 3. The van der Waals surface area contributed by atoms with Crippen LogP contribution in [0, 0.1) is 0 Å². The molecule has 26 heavy (non-hydrogen) atoms. The summed E-state index contributed by atoms with van der Waals surface area (Å²) >= 11 is 7.54. The maximum Gasteiger partial charge on any atom is 0.212 e. The van der Waals surface area contributed by atoms with Gasteiger partial charge in [0.1, 0.15) is 5.01 Å². The molecule has 6 nitrogen and oxygen atoms in total. The van der Waals surface area contributed by atoms with Gasteiger partial charge >= 0.3 is 0 Å². The largest absolute Gasteiger partial charge is 0.370 e. The minimum absolute atomic E-state index is 0.332. The average molecular weight is 381 g/mol. The summed E-state index contributed by atoms with van der Waals surface area (Å²) in [5.74, 6) is 1.00. The molecule has 3 N–H and O–H groups in total. The van der Waals surface area contributed by atoms with E-state index in [1.54, 1.807) is 11.3 Å². The molecule has 1 atom stereocenters. The summed E-state index contributed by atoms with van der Waals surface area (Å²) in [4.78, 5) is 14.0. The van der Waals surface area contributed by atoms with E-state index < -0.39 is 0 Å². The van der Waals surface area contributed by atoms with Gasteiger partial charge in [0.2, 0.25) is 5.95 Å². The van der Waals surface area contributed by atoms with Crippen LogP contribution in [-0.2, 0) is 0 Å². The van der Waals surface area contributed by atoms with Crippen molar-refractivity contribution in [1.82, 2.24) is 14.5 Å². The van der Waals surface area contributed by atoms with Gasteiger partial charge in [-0.05, 0) is 24.3 Å². The number of anilines is 1. The number of thiazole rings is 1. The first-order valence-electron chi connectivity index (χ1n) is 7.98. The van der Waals surface area contributed by atoms with Crippen LogP contribution in [0.15, 0.2) is 58.9 Å². The Balaban J connectivity index is 1.62. The molecule has 0 aliphatic carbocycles. The smallest absolute Gasteiger partial charge is 0.212 e. The third-order valence-electron chi connectivity index (χ3n) is 4.22. The van der Waals surface area contributed by atoms with E-state index in [0.717, 1.165) is 27.3 Å². The topological polar surface area (TPSA) is 81.1 Å². The lowest BCUT2D eigenvalue weighted by Crippen LogP contribution is -2.31. The van der Waals surface area contributed by atoms with Crippen LogP contribution in [0.4, 0.5) is 5.95 Å². The minimum Gasteiger partial charge on any atom is -0.370 e. The molecule has 8 heteroatoms. The number of rotatable bonds is 2. The SMILES string of the molecule is NC1=N[C@H](c2csc(-c3ccc(Cl)cc3)n2)n2c(nc3ccccc32)N1. The highest BCUT2D eigenvalue weighted by Gasteiger charge is 2.26. The Kier molecular flexibility index (Phi) is 3.44. The van der Waals surface area contributed by atoms with Crippen molar-refractivity contribution in [1.29, 1.82) is 0 Å². The van der Waals surface area contributed by atoms with E-state index in [4.69, 9.17) is 22.3 Å². The Morgan fingerprint density at radius 3 is 2.73 bits per heavy atom. The fraction of sp³-hybridized carbons (Fsp3) is 0.0556. The van der Waals surface area contributed by atoms with E-state index >= 15 is 0 Å². The predicted molar refractivity (Wildman–Crippen MR) is 106 cm³/mol. The van der Waals surface area contributed by atoms with Crippen LogP contribution in [0.5, 0.6) is 0 Å².